The van der Waals surface area contributed by atoms with E-state index in [0.717, 1.165) is 52.0 Å². The summed E-state index contributed by atoms with van der Waals surface area (Å²) < 4.78 is 22.8. The molecule has 0 spiro atoms. The Morgan fingerprint density at radius 1 is 1.19 bits per heavy atom. The normalized spacial score (nSPS) is 13.8. The number of fused-ring (bicyclic) bond motifs is 2. The van der Waals surface area contributed by atoms with Crippen LogP contribution in [0.15, 0.2) is 36.5 Å². The molecule has 2 aromatic heterocycles. The standard InChI is InChI=1S/C29H32ClFN4O2/c1-6-17-9-8-10-18(7-2)26(17)35-27(20-15-22(31)24(30)25-19(20)11-13-32-25)21-16-34(14-12-23(21)33-35)28(36)37-29(3,4)5/h8-11,13,15,32H,6-7,12,14,16H2,1-5H3. The third kappa shape index (κ3) is 4.50. The van der Waals surface area contributed by atoms with Crippen LogP contribution in [0.1, 0.15) is 57.0 Å². The molecule has 3 heterocycles. The first-order valence-corrected chi connectivity index (χ1v) is 13.2. The molecule has 0 fully saturated rings. The lowest BCUT2D eigenvalue weighted by atomic mass is 9.97. The summed E-state index contributed by atoms with van der Waals surface area (Å²) in [5.41, 5.74) is 6.53. The van der Waals surface area contributed by atoms with Crippen molar-refractivity contribution >= 4 is 28.6 Å². The van der Waals surface area contributed by atoms with Gasteiger partial charge in [-0.25, -0.2) is 13.9 Å². The molecule has 194 valence electrons. The van der Waals surface area contributed by atoms with E-state index >= 15 is 4.39 Å². The van der Waals surface area contributed by atoms with Crippen molar-refractivity contribution in [2.45, 2.75) is 66.0 Å². The van der Waals surface area contributed by atoms with Crippen LogP contribution in [0.2, 0.25) is 5.02 Å². The number of aromatic amines is 1. The maximum atomic E-state index is 15.2. The molecule has 8 heteroatoms. The summed E-state index contributed by atoms with van der Waals surface area (Å²) in [6.45, 7) is 10.6. The summed E-state index contributed by atoms with van der Waals surface area (Å²) in [6.07, 6.45) is 3.62. The molecule has 1 amide bonds. The van der Waals surface area contributed by atoms with E-state index in [0.29, 0.717) is 30.6 Å². The number of H-pyrrole nitrogens is 1. The number of benzene rings is 2. The van der Waals surface area contributed by atoms with E-state index in [4.69, 9.17) is 21.4 Å². The summed E-state index contributed by atoms with van der Waals surface area (Å²) >= 11 is 6.32. The molecule has 0 aliphatic carbocycles. The second-order valence-corrected chi connectivity index (χ2v) is 10.8. The third-order valence-corrected chi connectivity index (χ3v) is 7.22. The van der Waals surface area contributed by atoms with Crippen molar-refractivity contribution in [3.63, 3.8) is 0 Å². The van der Waals surface area contributed by atoms with Crippen LogP contribution >= 0.6 is 11.6 Å². The lowest BCUT2D eigenvalue weighted by Crippen LogP contribution is -2.39. The molecule has 0 radical (unpaired) electrons. The highest BCUT2D eigenvalue weighted by Crippen LogP contribution is 2.40. The average molecular weight is 523 g/mol. The number of nitrogens with one attached hydrogen (secondary N) is 1. The molecule has 0 atom stereocenters. The second-order valence-electron chi connectivity index (χ2n) is 10.5. The van der Waals surface area contributed by atoms with Gasteiger partial charge in [-0.2, -0.15) is 5.10 Å². The molecule has 0 bridgehead atoms. The van der Waals surface area contributed by atoms with Crippen LogP contribution < -0.4 is 0 Å². The molecule has 5 rings (SSSR count). The van der Waals surface area contributed by atoms with Crippen molar-refractivity contribution in [3.05, 3.63) is 69.8 Å². The minimum Gasteiger partial charge on any atom is -0.444 e. The fourth-order valence-electron chi connectivity index (χ4n) is 5.14. The van der Waals surface area contributed by atoms with Gasteiger partial charge in [0.05, 0.1) is 29.1 Å². The van der Waals surface area contributed by atoms with E-state index in [1.165, 1.54) is 6.07 Å². The fraction of sp³-hybridized carbons (Fsp3) is 0.379. The molecule has 1 aliphatic rings. The monoisotopic (exact) mass is 522 g/mol. The molecule has 0 saturated carbocycles. The number of amides is 1. The fourth-order valence-corrected chi connectivity index (χ4v) is 5.35. The lowest BCUT2D eigenvalue weighted by Gasteiger charge is -2.30. The van der Waals surface area contributed by atoms with Crippen molar-refractivity contribution in [1.82, 2.24) is 19.7 Å². The molecule has 37 heavy (non-hydrogen) atoms. The highest BCUT2D eigenvalue weighted by molar-refractivity contribution is 6.35. The number of carbonyl (C=O) groups excluding carboxylic acids is 1. The lowest BCUT2D eigenvalue weighted by molar-refractivity contribution is 0.0224. The van der Waals surface area contributed by atoms with Crippen molar-refractivity contribution in [1.29, 1.82) is 0 Å². The minimum absolute atomic E-state index is 0.0577. The molecule has 2 aromatic carbocycles. The van der Waals surface area contributed by atoms with E-state index < -0.39 is 11.4 Å². The third-order valence-electron chi connectivity index (χ3n) is 6.86. The van der Waals surface area contributed by atoms with Gasteiger partial charge in [-0.3, -0.25) is 0 Å². The number of aromatic nitrogens is 3. The van der Waals surface area contributed by atoms with Gasteiger partial charge in [0, 0.05) is 35.7 Å². The Labute approximate surface area is 221 Å². The Kier molecular flexibility index (Phi) is 6.52. The zero-order valence-corrected chi connectivity index (χ0v) is 22.7. The van der Waals surface area contributed by atoms with Gasteiger partial charge in [-0.1, -0.05) is 43.6 Å². The van der Waals surface area contributed by atoms with E-state index in [1.54, 1.807) is 11.1 Å². The van der Waals surface area contributed by atoms with E-state index in [-0.39, 0.29) is 11.1 Å². The van der Waals surface area contributed by atoms with Crippen LogP contribution in [0.3, 0.4) is 0 Å². The van der Waals surface area contributed by atoms with E-state index in [9.17, 15) is 4.79 Å². The quantitative estimate of drug-likeness (QED) is 0.307. The zero-order valence-electron chi connectivity index (χ0n) is 21.9. The number of aryl methyl sites for hydroxylation is 2. The van der Waals surface area contributed by atoms with Gasteiger partial charge >= 0.3 is 6.09 Å². The molecule has 0 saturated heterocycles. The Morgan fingerprint density at radius 2 is 1.89 bits per heavy atom. The van der Waals surface area contributed by atoms with Gasteiger partial charge in [0.25, 0.3) is 0 Å². The Morgan fingerprint density at radius 3 is 2.54 bits per heavy atom. The van der Waals surface area contributed by atoms with Crippen LogP contribution in [-0.4, -0.2) is 37.9 Å². The first kappa shape index (κ1) is 25.3. The summed E-state index contributed by atoms with van der Waals surface area (Å²) in [5.74, 6) is -0.507. The summed E-state index contributed by atoms with van der Waals surface area (Å²) in [4.78, 5) is 17.8. The summed E-state index contributed by atoms with van der Waals surface area (Å²) in [7, 11) is 0. The minimum atomic E-state index is -0.600. The predicted octanol–water partition coefficient (Wildman–Crippen LogP) is 7.23. The van der Waals surface area contributed by atoms with Gasteiger partial charge in [0.15, 0.2) is 0 Å². The van der Waals surface area contributed by atoms with Crippen molar-refractivity contribution < 1.29 is 13.9 Å². The predicted molar refractivity (Wildman–Crippen MR) is 145 cm³/mol. The molecule has 1 aliphatic heterocycles. The molecule has 0 unspecified atom stereocenters. The average Bonchev–Trinajstić information content (AvgIpc) is 3.49. The van der Waals surface area contributed by atoms with E-state index in [1.807, 2.05) is 31.5 Å². The van der Waals surface area contributed by atoms with Gasteiger partial charge in [0.2, 0.25) is 0 Å². The van der Waals surface area contributed by atoms with Crippen molar-refractivity contribution in [3.8, 4) is 16.9 Å². The summed E-state index contributed by atoms with van der Waals surface area (Å²) in [5, 5.41) is 5.96. The smallest absolute Gasteiger partial charge is 0.410 e. The SMILES string of the molecule is CCc1cccc(CC)c1-n1nc2c(c1-c1cc(F)c(Cl)c3[nH]ccc13)CN(C(=O)OC(C)(C)C)CC2. The molecule has 6 nitrogen and oxygen atoms in total. The Balaban J connectivity index is 1.77. The van der Waals surface area contributed by atoms with Crippen LogP contribution in [0, 0.1) is 5.82 Å². The van der Waals surface area contributed by atoms with Crippen LogP contribution in [0.4, 0.5) is 9.18 Å². The number of ether oxygens (including phenoxy) is 1. The first-order valence-electron chi connectivity index (χ1n) is 12.8. The Hall–Kier alpha value is -3.32. The van der Waals surface area contributed by atoms with Crippen LogP contribution in [-0.2, 0) is 30.5 Å². The van der Waals surface area contributed by atoms with Crippen LogP contribution in [0.25, 0.3) is 27.8 Å². The number of hydrogen-bond acceptors (Lipinski definition) is 3. The topological polar surface area (TPSA) is 63.2 Å². The van der Waals surface area contributed by atoms with Gasteiger partial charge in [-0.15, -0.1) is 0 Å². The molecule has 4 aromatic rings. The number of halogens is 2. The van der Waals surface area contributed by atoms with Gasteiger partial charge < -0.3 is 14.6 Å². The first-order chi connectivity index (χ1) is 17.6. The number of carbonyl (C=O) groups is 1. The van der Waals surface area contributed by atoms with E-state index in [2.05, 4.69) is 37.0 Å². The molecular formula is C29H32ClFN4O2. The van der Waals surface area contributed by atoms with Crippen molar-refractivity contribution in [2.75, 3.05) is 6.54 Å². The molecule has 1 N–H and O–H groups in total. The maximum Gasteiger partial charge on any atom is 0.410 e. The second kappa shape index (κ2) is 9.53. The van der Waals surface area contributed by atoms with Gasteiger partial charge in [-0.05, 0) is 56.9 Å². The Bertz CT molecular complexity index is 1480. The largest absolute Gasteiger partial charge is 0.444 e. The number of nitrogens with zero attached hydrogens (tertiary/aromatic N) is 3. The highest BCUT2D eigenvalue weighted by atomic mass is 35.5. The van der Waals surface area contributed by atoms with Crippen LogP contribution in [0.5, 0.6) is 0 Å². The maximum absolute atomic E-state index is 15.2. The zero-order chi connectivity index (χ0) is 26.5. The summed E-state index contributed by atoms with van der Waals surface area (Å²) in [6, 6.07) is 9.68. The number of para-hydroxylation sites is 1. The highest BCUT2D eigenvalue weighted by Gasteiger charge is 2.32. The number of hydrogen-bond donors (Lipinski definition) is 1. The van der Waals surface area contributed by atoms with Gasteiger partial charge in [0.1, 0.15) is 16.4 Å². The van der Waals surface area contributed by atoms with Crippen molar-refractivity contribution in [2.24, 2.45) is 0 Å². The number of rotatable bonds is 4. The molecular weight excluding hydrogens is 491 g/mol.